The average Bonchev–Trinajstić information content (AvgIpc) is 2.81. The maximum absolute atomic E-state index is 5.89. The summed E-state index contributed by atoms with van der Waals surface area (Å²) in [5.41, 5.74) is 6.64. The molecule has 1 fully saturated rings. The molecule has 0 spiro atoms. The number of nitrogens with zero attached hydrogens (tertiary/aromatic N) is 3. The molecule has 0 aromatic carbocycles. The van der Waals surface area contributed by atoms with Crippen molar-refractivity contribution in [2.24, 2.45) is 11.7 Å². The quantitative estimate of drug-likeness (QED) is 0.849. The van der Waals surface area contributed by atoms with Gasteiger partial charge < -0.3 is 5.73 Å². The molecule has 0 amide bonds. The van der Waals surface area contributed by atoms with E-state index in [1.54, 1.807) is 6.20 Å². The highest BCUT2D eigenvalue weighted by atomic mass is 35.5. The molecule has 2 N–H and O–H groups in total. The van der Waals surface area contributed by atoms with Gasteiger partial charge in [-0.25, -0.2) is 4.98 Å². The van der Waals surface area contributed by atoms with E-state index >= 15 is 0 Å². The number of hydrogen-bond donors (Lipinski definition) is 1. The normalized spacial score (nSPS) is 24.6. The van der Waals surface area contributed by atoms with Gasteiger partial charge in [-0.2, -0.15) is 5.10 Å². The van der Waals surface area contributed by atoms with Crippen LogP contribution in [-0.2, 0) is 0 Å². The summed E-state index contributed by atoms with van der Waals surface area (Å²) in [5.74, 6) is 0.697. The second-order valence-corrected chi connectivity index (χ2v) is 5.47. The van der Waals surface area contributed by atoms with Gasteiger partial charge in [0, 0.05) is 11.6 Å². The summed E-state index contributed by atoms with van der Waals surface area (Å²) in [5, 5.41) is 6.18. The Morgan fingerprint density at radius 3 is 2.83 bits per heavy atom. The topological polar surface area (TPSA) is 56.7 Å². The number of aromatic nitrogens is 3. The van der Waals surface area contributed by atoms with Gasteiger partial charge in [0.05, 0.1) is 12.2 Å². The molecule has 0 saturated heterocycles. The van der Waals surface area contributed by atoms with E-state index in [1.807, 2.05) is 6.07 Å². The Kier molecular flexibility index (Phi) is 3.22. The first kappa shape index (κ1) is 11.9. The second-order valence-electron chi connectivity index (χ2n) is 5.09. The summed E-state index contributed by atoms with van der Waals surface area (Å²) in [7, 11) is 0. The Bertz CT molecular complexity index is 543. The minimum atomic E-state index is 0.499. The average molecular weight is 265 g/mol. The molecule has 1 aliphatic rings. The summed E-state index contributed by atoms with van der Waals surface area (Å²) >= 11 is 5.89. The van der Waals surface area contributed by atoms with Gasteiger partial charge in [-0.15, -0.1) is 0 Å². The van der Waals surface area contributed by atoms with Gasteiger partial charge in [0.1, 0.15) is 10.7 Å². The van der Waals surface area contributed by atoms with Crippen molar-refractivity contribution in [2.75, 3.05) is 6.54 Å². The number of rotatable bonds is 2. The lowest BCUT2D eigenvalue weighted by Crippen LogP contribution is -2.23. The van der Waals surface area contributed by atoms with Crippen LogP contribution in [0, 0.1) is 5.92 Å². The lowest BCUT2D eigenvalue weighted by Gasteiger charge is -2.27. The number of fused-ring (bicyclic) bond motifs is 1. The van der Waals surface area contributed by atoms with Crippen molar-refractivity contribution in [3.63, 3.8) is 0 Å². The Morgan fingerprint density at radius 2 is 2.11 bits per heavy atom. The predicted molar refractivity (Wildman–Crippen MR) is 72.6 cm³/mol. The van der Waals surface area contributed by atoms with E-state index in [2.05, 4.69) is 21.0 Å². The minimum Gasteiger partial charge on any atom is -0.330 e. The molecule has 0 unspecified atom stereocenters. The summed E-state index contributed by atoms with van der Waals surface area (Å²) in [6.07, 6.45) is 8.55. The molecule has 5 heteroatoms. The molecule has 0 atom stereocenters. The summed E-state index contributed by atoms with van der Waals surface area (Å²) in [4.78, 5) is 4.06. The van der Waals surface area contributed by atoms with Gasteiger partial charge >= 0.3 is 0 Å². The van der Waals surface area contributed by atoms with Gasteiger partial charge in [-0.1, -0.05) is 11.6 Å². The third-order valence-corrected chi connectivity index (χ3v) is 4.11. The standard InChI is InChI=1S/C13H17ClN4/c14-13-5-10-8-18(17-12(10)7-16-13)11-3-1-9(6-15)2-4-11/h5,7-9,11H,1-4,6,15H2/t9-,11-. The number of pyridine rings is 1. The SMILES string of the molecule is NC[C@H]1CC[C@H](n2cc3cc(Cl)ncc3n2)CC1. The Hall–Kier alpha value is -1.13. The lowest BCUT2D eigenvalue weighted by atomic mass is 9.86. The molecule has 2 aromatic heterocycles. The molecule has 96 valence electrons. The van der Waals surface area contributed by atoms with E-state index in [1.165, 1.54) is 12.8 Å². The lowest BCUT2D eigenvalue weighted by molar-refractivity contribution is 0.266. The zero-order valence-electron chi connectivity index (χ0n) is 10.2. The third-order valence-electron chi connectivity index (χ3n) is 3.90. The summed E-state index contributed by atoms with van der Waals surface area (Å²) in [6, 6.07) is 2.37. The Morgan fingerprint density at radius 1 is 1.33 bits per heavy atom. The number of halogens is 1. The fourth-order valence-electron chi connectivity index (χ4n) is 2.75. The van der Waals surface area contributed by atoms with Crippen LogP contribution in [0.2, 0.25) is 5.15 Å². The van der Waals surface area contributed by atoms with Gasteiger partial charge in [-0.3, -0.25) is 4.68 Å². The van der Waals surface area contributed by atoms with Crippen LogP contribution in [-0.4, -0.2) is 21.3 Å². The smallest absolute Gasteiger partial charge is 0.129 e. The third kappa shape index (κ3) is 2.22. The van der Waals surface area contributed by atoms with Crippen LogP contribution in [0.5, 0.6) is 0 Å². The molecule has 2 heterocycles. The van der Waals surface area contributed by atoms with E-state index in [0.717, 1.165) is 30.3 Å². The van der Waals surface area contributed by atoms with Crippen molar-refractivity contribution in [3.8, 4) is 0 Å². The second kappa shape index (κ2) is 4.86. The molecule has 0 aliphatic heterocycles. The molecule has 4 nitrogen and oxygen atoms in total. The van der Waals surface area contributed by atoms with Gasteiger partial charge in [0.15, 0.2) is 0 Å². The van der Waals surface area contributed by atoms with E-state index in [4.69, 9.17) is 17.3 Å². The van der Waals surface area contributed by atoms with Crippen LogP contribution >= 0.6 is 11.6 Å². The van der Waals surface area contributed by atoms with Crippen molar-refractivity contribution in [3.05, 3.63) is 23.6 Å². The van der Waals surface area contributed by atoms with Crippen molar-refractivity contribution >= 4 is 22.5 Å². The molecule has 1 aliphatic carbocycles. The molecule has 18 heavy (non-hydrogen) atoms. The van der Waals surface area contributed by atoms with Crippen LogP contribution in [0.3, 0.4) is 0 Å². The maximum atomic E-state index is 5.89. The van der Waals surface area contributed by atoms with Crippen LogP contribution in [0.4, 0.5) is 0 Å². The molecule has 0 bridgehead atoms. The fourth-order valence-corrected chi connectivity index (χ4v) is 2.92. The highest BCUT2D eigenvalue weighted by Gasteiger charge is 2.22. The largest absolute Gasteiger partial charge is 0.330 e. The van der Waals surface area contributed by atoms with Crippen LogP contribution in [0.1, 0.15) is 31.7 Å². The van der Waals surface area contributed by atoms with Crippen LogP contribution < -0.4 is 5.73 Å². The molecule has 3 rings (SSSR count). The molecule has 0 radical (unpaired) electrons. The fraction of sp³-hybridized carbons (Fsp3) is 0.538. The first-order valence-electron chi connectivity index (χ1n) is 6.46. The first-order valence-corrected chi connectivity index (χ1v) is 6.84. The minimum absolute atomic E-state index is 0.499. The van der Waals surface area contributed by atoms with Crippen molar-refractivity contribution in [1.82, 2.24) is 14.8 Å². The van der Waals surface area contributed by atoms with Gasteiger partial charge in [0.25, 0.3) is 0 Å². The Balaban J connectivity index is 1.82. The van der Waals surface area contributed by atoms with E-state index < -0.39 is 0 Å². The van der Waals surface area contributed by atoms with E-state index in [0.29, 0.717) is 17.1 Å². The van der Waals surface area contributed by atoms with Crippen LogP contribution in [0.25, 0.3) is 10.9 Å². The zero-order chi connectivity index (χ0) is 12.5. The molecular formula is C13H17ClN4. The number of hydrogen-bond acceptors (Lipinski definition) is 3. The predicted octanol–water partition coefficient (Wildman–Crippen LogP) is 2.77. The van der Waals surface area contributed by atoms with Crippen molar-refractivity contribution in [1.29, 1.82) is 0 Å². The highest BCUT2D eigenvalue weighted by molar-refractivity contribution is 6.30. The molecule has 1 saturated carbocycles. The maximum Gasteiger partial charge on any atom is 0.129 e. The first-order chi connectivity index (χ1) is 8.76. The zero-order valence-corrected chi connectivity index (χ0v) is 11.0. The summed E-state index contributed by atoms with van der Waals surface area (Å²) < 4.78 is 2.08. The van der Waals surface area contributed by atoms with E-state index in [9.17, 15) is 0 Å². The van der Waals surface area contributed by atoms with Gasteiger partial charge in [0.2, 0.25) is 0 Å². The van der Waals surface area contributed by atoms with Crippen LogP contribution in [0.15, 0.2) is 18.5 Å². The highest BCUT2D eigenvalue weighted by Crippen LogP contribution is 2.32. The molecule has 2 aromatic rings. The van der Waals surface area contributed by atoms with Crippen molar-refractivity contribution in [2.45, 2.75) is 31.7 Å². The molecular weight excluding hydrogens is 248 g/mol. The Labute approximate surface area is 111 Å². The van der Waals surface area contributed by atoms with Gasteiger partial charge in [-0.05, 0) is 44.2 Å². The monoisotopic (exact) mass is 264 g/mol. The van der Waals surface area contributed by atoms with Crippen molar-refractivity contribution < 1.29 is 0 Å². The van der Waals surface area contributed by atoms with E-state index in [-0.39, 0.29) is 0 Å². The number of nitrogens with two attached hydrogens (primary N) is 1. The summed E-state index contributed by atoms with van der Waals surface area (Å²) in [6.45, 7) is 0.813.